The maximum atomic E-state index is 9.58. The number of hydrogen-bond acceptors (Lipinski definition) is 6. The van der Waals surface area contributed by atoms with Crippen molar-refractivity contribution in [3.05, 3.63) is 41.2 Å². The molecule has 1 aromatic heterocycles. The van der Waals surface area contributed by atoms with Gasteiger partial charge in [-0.05, 0) is 32.0 Å². The second-order valence-electron chi connectivity index (χ2n) is 4.06. The van der Waals surface area contributed by atoms with E-state index in [0.29, 0.717) is 11.5 Å². The van der Waals surface area contributed by atoms with Gasteiger partial charge in [-0.2, -0.15) is 5.10 Å². The molecular formula is C13H14N4O2. The van der Waals surface area contributed by atoms with Gasteiger partial charge in [0.25, 0.3) is 0 Å². The lowest BCUT2D eigenvalue weighted by Crippen LogP contribution is -1.99. The van der Waals surface area contributed by atoms with Crippen LogP contribution < -0.4 is 5.43 Å². The molecule has 0 amide bonds. The van der Waals surface area contributed by atoms with Crippen molar-refractivity contribution in [1.82, 2.24) is 9.97 Å². The first-order valence-corrected chi connectivity index (χ1v) is 5.68. The number of nitrogens with one attached hydrogen (secondary N) is 1. The highest BCUT2D eigenvalue weighted by Crippen LogP contribution is 2.26. The molecule has 3 N–H and O–H groups in total. The largest absolute Gasteiger partial charge is 0.504 e. The van der Waals surface area contributed by atoms with Gasteiger partial charge in [-0.15, -0.1) is 0 Å². The number of phenolic OH excluding ortho intramolecular Hbond substituents is 2. The normalized spacial score (nSPS) is 10.8. The summed E-state index contributed by atoms with van der Waals surface area (Å²) in [5.41, 5.74) is 4.75. The Morgan fingerprint density at radius 3 is 2.53 bits per heavy atom. The van der Waals surface area contributed by atoms with Crippen LogP contribution >= 0.6 is 0 Å². The van der Waals surface area contributed by atoms with Gasteiger partial charge >= 0.3 is 0 Å². The van der Waals surface area contributed by atoms with Gasteiger partial charge in [0.05, 0.1) is 6.21 Å². The van der Waals surface area contributed by atoms with Crippen molar-refractivity contribution < 1.29 is 10.2 Å². The van der Waals surface area contributed by atoms with Crippen LogP contribution in [0.3, 0.4) is 0 Å². The van der Waals surface area contributed by atoms with E-state index in [1.165, 1.54) is 12.3 Å². The lowest BCUT2D eigenvalue weighted by molar-refractivity contribution is 0.403. The Morgan fingerprint density at radius 1 is 1.16 bits per heavy atom. The average molecular weight is 258 g/mol. The van der Waals surface area contributed by atoms with Crippen LogP contribution in [0.25, 0.3) is 0 Å². The molecule has 6 nitrogen and oxygen atoms in total. The van der Waals surface area contributed by atoms with E-state index in [1.807, 2.05) is 19.9 Å². The summed E-state index contributed by atoms with van der Waals surface area (Å²) in [4.78, 5) is 8.31. The minimum atomic E-state index is -0.214. The predicted octanol–water partition coefficient (Wildman–Crippen LogP) is 1.95. The van der Waals surface area contributed by atoms with E-state index in [9.17, 15) is 10.2 Å². The number of phenols is 2. The molecule has 0 fully saturated rings. The smallest absolute Gasteiger partial charge is 0.243 e. The molecular weight excluding hydrogens is 244 g/mol. The molecule has 0 saturated heterocycles. The zero-order valence-electron chi connectivity index (χ0n) is 10.6. The topological polar surface area (TPSA) is 90.6 Å². The standard InChI is InChI=1S/C13H14N4O2/c1-8-6-9(2)16-13(15-8)17-14-7-10-4-3-5-11(18)12(10)19/h3-7,18-19H,1-2H3,(H,15,16,17)/b14-7+. The number of aromatic hydroxyl groups is 2. The van der Waals surface area contributed by atoms with Crippen molar-refractivity contribution in [2.24, 2.45) is 5.10 Å². The predicted molar refractivity (Wildman–Crippen MR) is 72.5 cm³/mol. The van der Waals surface area contributed by atoms with Crippen molar-refractivity contribution in [3.63, 3.8) is 0 Å². The second-order valence-corrected chi connectivity index (χ2v) is 4.06. The van der Waals surface area contributed by atoms with E-state index < -0.39 is 0 Å². The van der Waals surface area contributed by atoms with Crippen LogP contribution in [0.4, 0.5) is 5.95 Å². The number of rotatable bonds is 3. The number of nitrogens with zero attached hydrogens (tertiary/aromatic N) is 3. The Balaban J connectivity index is 2.13. The van der Waals surface area contributed by atoms with Gasteiger partial charge in [0.15, 0.2) is 11.5 Å². The van der Waals surface area contributed by atoms with Gasteiger partial charge in [0, 0.05) is 17.0 Å². The van der Waals surface area contributed by atoms with Gasteiger partial charge in [-0.1, -0.05) is 6.07 Å². The lowest BCUT2D eigenvalue weighted by atomic mass is 10.2. The van der Waals surface area contributed by atoms with Crippen LogP contribution in [0.5, 0.6) is 11.5 Å². The fraction of sp³-hybridized carbons (Fsp3) is 0.154. The summed E-state index contributed by atoms with van der Waals surface area (Å²) in [5.74, 6) is -0.0191. The van der Waals surface area contributed by atoms with E-state index in [2.05, 4.69) is 20.5 Å². The molecule has 0 atom stereocenters. The molecule has 1 heterocycles. The first kappa shape index (κ1) is 12.8. The zero-order chi connectivity index (χ0) is 13.8. The highest BCUT2D eigenvalue weighted by molar-refractivity contribution is 5.85. The first-order valence-electron chi connectivity index (χ1n) is 5.68. The number of hydrogen-bond donors (Lipinski definition) is 3. The van der Waals surface area contributed by atoms with Gasteiger partial charge in [-0.3, -0.25) is 0 Å². The third-order valence-corrected chi connectivity index (χ3v) is 2.40. The molecule has 2 aromatic rings. The Hall–Kier alpha value is -2.63. The Kier molecular flexibility index (Phi) is 3.61. The summed E-state index contributed by atoms with van der Waals surface area (Å²) < 4.78 is 0. The summed E-state index contributed by atoms with van der Waals surface area (Å²) >= 11 is 0. The van der Waals surface area contributed by atoms with E-state index in [-0.39, 0.29) is 11.5 Å². The fourth-order valence-corrected chi connectivity index (χ4v) is 1.59. The SMILES string of the molecule is Cc1cc(C)nc(N/N=C/c2cccc(O)c2O)n1. The number of anilines is 1. The van der Waals surface area contributed by atoms with Crippen molar-refractivity contribution in [2.45, 2.75) is 13.8 Å². The summed E-state index contributed by atoms with van der Waals surface area (Å²) in [6.07, 6.45) is 1.38. The van der Waals surface area contributed by atoms with Crippen LogP contribution in [0.2, 0.25) is 0 Å². The summed E-state index contributed by atoms with van der Waals surface area (Å²) in [7, 11) is 0. The highest BCUT2D eigenvalue weighted by Gasteiger charge is 2.03. The monoisotopic (exact) mass is 258 g/mol. The van der Waals surface area contributed by atoms with E-state index >= 15 is 0 Å². The molecule has 2 rings (SSSR count). The molecule has 0 unspecified atom stereocenters. The van der Waals surface area contributed by atoms with Crippen molar-refractivity contribution in [3.8, 4) is 11.5 Å². The molecule has 0 saturated carbocycles. The molecule has 19 heavy (non-hydrogen) atoms. The van der Waals surface area contributed by atoms with Crippen molar-refractivity contribution in [2.75, 3.05) is 5.43 Å². The molecule has 0 bridgehead atoms. The maximum Gasteiger partial charge on any atom is 0.243 e. The summed E-state index contributed by atoms with van der Waals surface area (Å²) in [5, 5.41) is 22.8. The number of aromatic nitrogens is 2. The first-order chi connectivity index (χ1) is 9.06. The van der Waals surface area contributed by atoms with Crippen molar-refractivity contribution >= 4 is 12.2 Å². The molecule has 1 aromatic carbocycles. The molecule has 0 radical (unpaired) electrons. The number of aryl methyl sites for hydroxylation is 2. The lowest BCUT2D eigenvalue weighted by Gasteiger charge is -2.02. The van der Waals surface area contributed by atoms with E-state index in [0.717, 1.165) is 11.4 Å². The third kappa shape index (κ3) is 3.19. The fourth-order valence-electron chi connectivity index (χ4n) is 1.59. The van der Waals surface area contributed by atoms with Gasteiger partial charge in [0.1, 0.15) is 0 Å². The highest BCUT2D eigenvalue weighted by atomic mass is 16.3. The molecule has 6 heteroatoms. The van der Waals surface area contributed by atoms with Gasteiger partial charge < -0.3 is 10.2 Å². The van der Waals surface area contributed by atoms with E-state index in [1.54, 1.807) is 12.1 Å². The average Bonchev–Trinajstić information content (AvgIpc) is 2.33. The quantitative estimate of drug-likeness (QED) is 0.444. The van der Waals surface area contributed by atoms with Gasteiger partial charge in [-0.25, -0.2) is 15.4 Å². The summed E-state index contributed by atoms with van der Waals surface area (Å²) in [6, 6.07) is 6.50. The van der Waals surface area contributed by atoms with Crippen LogP contribution in [0, 0.1) is 13.8 Å². The van der Waals surface area contributed by atoms with Crippen molar-refractivity contribution in [1.29, 1.82) is 0 Å². The Bertz CT molecular complexity index is 606. The van der Waals surface area contributed by atoms with Crippen LogP contribution in [-0.4, -0.2) is 26.4 Å². The number of benzene rings is 1. The minimum Gasteiger partial charge on any atom is -0.504 e. The van der Waals surface area contributed by atoms with Crippen LogP contribution in [0.1, 0.15) is 17.0 Å². The summed E-state index contributed by atoms with van der Waals surface area (Å²) in [6.45, 7) is 3.73. The minimum absolute atomic E-state index is 0.188. The molecule has 0 aliphatic carbocycles. The number of hydrazone groups is 1. The molecule has 98 valence electrons. The van der Waals surface area contributed by atoms with Crippen LogP contribution in [0.15, 0.2) is 29.4 Å². The number of para-hydroxylation sites is 1. The Morgan fingerprint density at radius 2 is 1.84 bits per heavy atom. The zero-order valence-corrected chi connectivity index (χ0v) is 10.6. The third-order valence-electron chi connectivity index (χ3n) is 2.40. The maximum absolute atomic E-state index is 9.58. The Labute approximate surface area is 110 Å². The van der Waals surface area contributed by atoms with Crippen LogP contribution in [-0.2, 0) is 0 Å². The van der Waals surface area contributed by atoms with Gasteiger partial charge in [0.2, 0.25) is 5.95 Å². The molecule has 0 aliphatic heterocycles. The second kappa shape index (κ2) is 5.34. The molecule has 0 aliphatic rings. The molecule has 0 spiro atoms. The van der Waals surface area contributed by atoms with E-state index in [4.69, 9.17) is 0 Å².